The highest BCUT2D eigenvalue weighted by Gasteiger charge is 2.50. The molecule has 0 spiro atoms. The summed E-state index contributed by atoms with van der Waals surface area (Å²) in [6.07, 6.45) is -1.50. The molecule has 3 rings (SSSR count). The zero-order valence-electron chi connectivity index (χ0n) is 9.57. The highest BCUT2D eigenvalue weighted by molar-refractivity contribution is 4.93. The monoisotopic (exact) mass is 248 g/mol. The van der Waals surface area contributed by atoms with E-state index in [0.717, 1.165) is 0 Å². The molecule has 0 aliphatic carbocycles. The summed E-state index contributed by atoms with van der Waals surface area (Å²) >= 11 is 0. The quantitative estimate of drug-likeness (QED) is 0.616. The first-order valence-electron chi connectivity index (χ1n) is 5.58. The summed E-state index contributed by atoms with van der Waals surface area (Å²) < 4.78 is 38.0. The fourth-order valence-corrected chi connectivity index (χ4v) is 2.35. The van der Waals surface area contributed by atoms with E-state index in [1.54, 1.807) is 7.11 Å². The predicted octanol–water partition coefficient (Wildman–Crippen LogP) is -0.554. The van der Waals surface area contributed by atoms with E-state index in [2.05, 4.69) is 0 Å². The van der Waals surface area contributed by atoms with Crippen LogP contribution in [0, 0.1) is 0 Å². The molecule has 7 nitrogen and oxygen atoms in total. The molecule has 0 radical (unpaired) electrons. The summed E-state index contributed by atoms with van der Waals surface area (Å²) in [6.45, 7) is 1.07. The van der Waals surface area contributed by atoms with Crippen molar-refractivity contribution < 1.29 is 33.2 Å². The van der Waals surface area contributed by atoms with E-state index in [-0.39, 0.29) is 44.8 Å². The SMILES string of the molecule is CO[C@H]1O[C@@H]2COCO[C@@H]2[C@@H]2OCOCO[C@@H]12. The van der Waals surface area contributed by atoms with Crippen LogP contribution in [0.1, 0.15) is 0 Å². The van der Waals surface area contributed by atoms with Crippen molar-refractivity contribution >= 4 is 0 Å². The number of ether oxygens (including phenoxy) is 7. The van der Waals surface area contributed by atoms with Gasteiger partial charge in [0.15, 0.2) is 6.29 Å². The van der Waals surface area contributed by atoms with Gasteiger partial charge in [0, 0.05) is 7.11 Å². The van der Waals surface area contributed by atoms with Gasteiger partial charge < -0.3 is 33.2 Å². The second kappa shape index (κ2) is 5.15. The van der Waals surface area contributed by atoms with Gasteiger partial charge in [0.2, 0.25) is 0 Å². The third kappa shape index (κ3) is 2.19. The van der Waals surface area contributed by atoms with Crippen LogP contribution in [-0.2, 0) is 33.2 Å². The summed E-state index contributed by atoms with van der Waals surface area (Å²) in [5, 5.41) is 0. The molecule has 0 aromatic rings. The van der Waals surface area contributed by atoms with Gasteiger partial charge in [-0.05, 0) is 0 Å². The van der Waals surface area contributed by atoms with Crippen LogP contribution in [0.2, 0.25) is 0 Å². The lowest BCUT2D eigenvalue weighted by molar-refractivity contribution is -0.340. The van der Waals surface area contributed by atoms with E-state index in [9.17, 15) is 0 Å². The second-order valence-electron chi connectivity index (χ2n) is 4.10. The summed E-state index contributed by atoms with van der Waals surface area (Å²) in [5.74, 6) is 0. The van der Waals surface area contributed by atoms with Gasteiger partial charge >= 0.3 is 0 Å². The van der Waals surface area contributed by atoms with Crippen LogP contribution in [-0.4, -0.2) is 64.8 Å². The molecule has 3 heterocycles. The molecule has 3 saturated heterocycles. The van der Waals surface area contributed by atoms with Crippen LogP contribution < -0.4 is 0 Å². The summed E-state index contributed by atoms with van der Waals surface area (Å²) in [4.78, 5) is 0. The second-order valence-corrected chi connectivity index (χ2v) is 4.10. The average Bonchev–Trinajstić information content (AvgIpc) is 2.63. The van der Waals surface area contributed by atoms with Crippen molar-refractivity contribution in [2.75, 3.05) is 34.1 Å². The molecule has 17 heavy (non-hydrogen) atoms. The molecule has 5 atom stereocenters. The van der Waals surface area contributed by atoms with E-state index in [1.165, 1.54) is 0 Å². The Morgan fingerprint density at radius 1 is 0.882 bits per heavy atom. The van der Waals surface area contributed by atoms with Crippen LogP contribution >= 0.6 is 0 Å². The van der Waals surface area contributed by atoms with Crippen LogP contribution in [0.4, 0.5) is 0 Å². The Morgan fingerprint density at radius 2 is 1.59 bits per heavy atom. The Hall–Kier alpha value is -0.280. The normalized spacial score (nSPS) is 46.8. The van der Waals surface area contributed by atoms with Gasteiger partial charge in [-0.15, -0.1) is 0 Å². The van der Waals surface area contributed by atoms with E-state index in [0.29, 0.717) is 6.61 Å². The molecule has 3 fully saturated rings. The molecule has 0 amide bonds. The lowest BCUT2D eigenvalue weighted by Gasteiger charge is -2.45. The summed E-state index contributed by atoms with van der Waals surface area (Å²) in [6, 6.07) is 0. The molecule has 3 aliphatic heterocycles. The Labute approximate surface area is 98.8 Å². The Kier molecular flexibility index (Phi) is 3.57. The molecule has 0 aromatic heterocycles. The maximum atomic E-state index is 5.73. The van der Waals surface area contributed by atoms with Crippen LogP contribution in [0.3, 0.4) is 0 Å². The highest BCUT2D eigenvalue weighted by Crippen LogP contribution is 2.31. The van der Waals surface area contributed by atoms with Crippen molar-refractivity contribution in [3.05, 3.63) is 0 Å². The van der Waals surface area contributed by atoms with Gasteiger partial charge in [-0.1, -0.05) is 0 Å². The first-order valence-corrected chi connectivity index (χ1v) is 5.58. The third-order valence-electron chi connectivity index (χ3n) is 3.14. The molecule has 3 aliphatic rings. The van der Waals surface area contributed by atoms with E-state index in [4.69, 9.17) is 33.2 Å². The molecule has 0 N–H and O–H groups in total. The number of rotatable bonds is 1. The van der Waals surface area contributed by atoms with Gasteiger partial charge in [0.25, 0.3) is 0 Å². The predicted molar refractivity (Wildman–Crippen MR) is 51.9 cm³/mol. The van der Waals surface area contributed by atoms with Crippen molar-refractivity contribution in [2.24, 2.45) is 0 Å². The van der Waals surface area contributed by atoms with Crippen LogP contribution in [0.25, 0.3) is 0 Å². The Morgan fingerprint density at radius 3 is 2.41 bits per heavy atom. The summed E-state index contributed by atoms with van der Waals surface area (Å²) in [5.41, 5.74) is 0. The standard InChI is InChI=1S/C10H16O7/c1-11-10-9-8(15-4-13-5-16-9)7-6(17-10)2-12-3-14-7/h6-10H,2-5H2,1H3/t6-,7+,8+,9-,10+/m1/s1. The molecule has 98 valence electrons. The number of fused-ring (bicyclic) bond motifs is 3. The first-order chi connectivity index (χ1) is 8.40. The van der Waals surface area contributed by atoms with Crippen molar-refractivity contribution in [1.82, 2.24) is 0 Å². The molecule has 0 aromatic carbocycles. The van der Waals surface area contributed by atoms with Crippen LogP contribution in [0.15, 0.2) is 0 Å². The maximum absolute atomic E-state index is 5.73. The lowest BCUT2D eigenvalue weighted by Crippen LogP contribution is -2.62. The summed E-state index contributed by atoms with van der Waals surface area (Å²) in [7, 11) is 1.57. The van der Waals surface area contributed by atoms with E-state index in [1.807, 2.05) is 0 Å². The van der Waals surface area contributed by atoms with Gasteiger partial charge in [-0.2, -0.15) is 0 Å². The number of methoxy groups -OCH3 is 1. The molecule has 7 heteroatoms. The fraction of sp³-hybridized carbons (Fsp3) is 1.00. The van der Waals surface area contributed by atoms with Crippen molar-refractivity contribution in [3.63, 3.8) is 0 Å². The number of hydrogen-bond donors (Lipinski definition) is 0. The lowest BCUT2D eigenvalue weighted by atomic mass is 9.98. The van der Waals surface area contributed by atoms with Crippen molar-refractivity contribution in [3.8, 4) is 0 Å². The smallest absolute Gasteiger partial charge is 0.186 e. The fourth-order valence-electron chi connectivity index (χ4n) is 2.35. The minimum Gasteiger partial charge on any atom is -0.353 e. The minimum absolute atomic E-state index is 0.165. The van der Waals surface area contributed by atoms with Gasteiger partial charge in [-0.25, -0.2) is 0 Å². The first kappa shape index (κ1) is 11.8. The molecule has 0 saturated carbocycles. The van der Waals surface area contributed by atoms with Crippen LogP contribution in [0.5, 0.6) is 0 Å². The van der Waals surface area contributed by atoms with E-state index < -0.39 is 6.29 Å². The van der Waals surface area contributed by atoms with Gasteiger partial charge in [-0.3, -0.25) is 0 Å². The topological polar surface area (TPSA) is 64.6 Å². The minimum atomic E-state index is -0.492. The zero-order valence-corrected chi connectivity index (χ0v) is 9.57. The molecule has 0 unspecified atom stereocenters. The van der Waals surface area contributed by atoms with Crippen molar-refractivity contribution in [1.29, 1.82) is 0 Å². The highest BCUT2D eigenvalue weighted by atomic mass is 16.8. The van der Waals surface area contributed by atoms with Gasteiger partial charge in [0.05, 0.1) is 6.61 Å². The molecular formula is C10H16O7. The third-order valence-corrected chi connectivity index (χ3v) is 3.14. The van der Waals surface area contributed by atoms with Gasteiger partial charge in [0.1, 0.15) is 44.8 Å². The van der Waals surface area contributed by atoms with E-state index >= 15 is 0 Å². The van der Waals surface area contributed by atoms with Crippen molar-refractivity contribution in [2.45, 2.75) is 30.7 Å². The Balaban J connectivity index is 1.80. The zero-order chi connectivity index (χ0) is 11.7. The maximum Gasteiger partial charge on any atom is 0.186 e. The largest absolute Gasteiger partial charge is 0.353 e. The molecular weight excluding hydrogens is 232 g/mol. The average molecular weight is 248 g/mol. The number of hydrogen-bond acceptors (Lipinski definition) is 7. The Bertz CT molecular complexity index is 261. The molecule has 0 bridgehead atoms.